The molecule has 3 aromatic rings. The molecule has 1 aliphatic rings. The molecule has 0 aliphatic carbocycles. The van der Waals surface area contributed by atoms with Crippen molar-refractivity contribution in [3.8, 4) is 11.5 Å². The second-order valence-electron chi connectivity index (χ2n) is 10.4. The van der Waals surface area contributed by atoms with E-state index in [0.29, 0.717) is 17.1 Å². The number of amides is 5. The Morgan fingerprint density at radius 2 is 1.72 bits per heavy atom. The van der Waals surface area contributed by atoms with E-state index in [1.54, 1.807) is 68.4 Å². The first-order valence-corrected chi connectivity index (χ1v) is 13.8. The third kappa shape index (κ3) is 7.72. The van der Waals surface area contributed by atoms with Crippen molar-refractivity contribution in [3.63, 3.8) is 0 Å². The predicted molar refractivity (Wildman–Crippen MR) is 161 cm³/mol. The number of anilines is 3. The van der Waals surface area contributed by atoms with Gasteiger partial charge in [-0.25, -0.2) is 14.0 Å². The van der Waals surface area contributed by atoms with Crippen LogP contribution in [-0.4, -0.2) is 78.9 Å². The minimum absolute atomic E-state index is 0.121. The van der Waals surface area contributed by atoms with E-state index in [0.717, 1.165) is 0 Å². The number of benzene rings is 3. The Bertz CT molecular complexity index is 1440. The van der Waals surface area contributed by atoms with Gasteiger partial charge < -0.3 is 40.3 Å². The van der Waals surface area contributed by atoms with E-state index in [1.807, 2.05) is 6.92 Å². The summed E-state index contributed by atoms with van der Waals surface area (Å²) in [6.45, 7) is 3.76. The van der Waals surface area contributed by atoms with Crippen LogP contribution in [0.25, 0.3) is 0 Å². The maximum atomic E-state index is 13.7. The Morgan fingerprint density at radius 1 is 1.07 bits per heavy atom. The normalized spacial score (nSPS) is 17.0. The van der Waals surface area contributed by atoms with Crippen LogP contribution < -0.4 is 25.4 Å². The molecular weight excluding hydrogens is 557 g/mol. The van der Waals surface area contributed by atoms with E-state index in [4.69, 9.17) is 9.47 Å². The van der Waals surface area contributed by atoms with Gasteiger partial charge in [0.05, 0.1) is 37.6 Å². The maximum absolute atomic E-state index is 13.7. The number of fused-ring (bicyclic) bond motifs is 1. The highest BCUT2D eigenvalue weighted by molar-refractivity contribution is 6.04. The minimum atomic E-state index is -0.614. The van der Waals surface area contributed by atoms with Gasteiger partial charge in [0, 0.05) is 30.9 Å². The number of methoxy groups -OCH3 is 1. The molecule has 3 atom stereocenters. The Hall–Kier alpha value is -4.84. The zero-order valence-corrected chi connectivity index (χ0v) is 24.5. The van der Waals surface area contributed by atoms with Gasteiger partial charge in [0.25, 0.3) is 5.91 Å². The number of para-hydroxylation sites is 1. The summed E-state index contributed by atoms with van der Waals surface area (Å²) in [7, 11) is 3.15. The number of aliphatic hydroxyl groups is 1. The molecule has 0 aromatic heterocycles. The average molecular weight is 594 g/mol. The van der Waals surface area contributed by atoms with Gasteiger partial charge in [-0.15, -0.1) is 0 Å². The summed E-state index contributed by atoms with van der Waals surface area (Å²) in [4.78, 5) is 42.6. The first-order chi connectivity index (χ1) is 20.6. The largest absolute Gasteiger partial charge is 0.497 e. The molecule has 0 fully saturated rings. The van der Waals surface area contributed by atoms with Crippen LogP contribution in [-0.2, 0) is 0 Å². The number of urea groups is 2. The molecular formula is C31H36FN5O6. The van der Waals surface area contributed by atoms with Crippen LogP contribution in [0.1, 0.15) is 24.2 Å². The van der Waals surface area contributed by atoms with E-state index in [-0.39, 0.29) is 48.5 Å². The lowest BCUT2D eigenvalue weighted by Gasteiger charge is -2.38. The van der Waals surface area contributed by atoms with E-state index < -0.39 is 30.0 Å². The molecule has 12 heteroatoms. The third-order valence-electron chi connectivity index (χ3n) is 7.18. The standard InChI is InChI=1S/C31H36FN5O6/c1-19-16-37(20(2)18-38)29(39)25-6-5-7-26(35-30(40)33-22-12-14-24(42-4)15-13-22)28(25)43-27(19)17-36(3)31(41)34-23-10-8-21(32)9-11-23/h5-15,19-20,27,38H,16-18H2,1-4H3,(H,34,41)(H2,33,35,40)/t19-,20+,27+/m0/s1. The molecule has 0 radical (unpaired) electrons. The SMILES string of the molecule is COc1ccc(NC(=O)Nc2cccc3c2O[C@H](CN(C)C(=O)Nc2ccc(F)cc2)[C@@H](C)CN([C@H](C)CO)C3=O)cc1. The van der Waals surface area contributed by atoms with Crippen molar-refractivity contribution in [1.29, 1.82) is 0 Å². The Morgan fingerprint density at radius 3 is 2.37 bits per heavy atom. The molecule has 228 valence electrons. The molecule has 0 spiro atoms. The van der Waals surface area contributed by atoms with E-state index >= 15 is 0 Å². The fourth-order valence-corrected chi connectivity index (χ4v) is 4.62. The van der Waals surface area contributed by atoms with Gasteiger partial charge in [-0.1, -0.05) is 13.0 Å². The van der Waals surface area contributed by atoms with Gasteiger partial charge >= 0.3 is 12.1 Å². The number of nitrogens with zero attached hydrogens (tertiary/aromatic N) is 2. The predicted octanol–water partition coefficient (Wildman–Crippen LogP) is 4.86. The molecule has 0 saturated heterocycles. The van der Waals surface area contributed by atoms with Gasteiger partial charge in [-0.3, -0.25) is 4.79 Å². The zero-order chi connectivity index (χ0) is 31.1. The lowest BCUT2D eigenvalue weighted by molar-refractivity contribution is 0.0373. The number of ether oxygens (including phenoxy) is 2. The number of nitrogens with one attached hydrogen (secondary N) is 3. The van der Waals surface area contributed by atoms with Crippen LogP contribution in [0.3, 0.4) is 0 Å². The van der Waals surface area contributed by atoms with Crippen molar-refractivity contribution >= 4 is 35.0 Å². The highest BCUT2D eigenvalue weighted by atomic mass is 19.1. The number of likely N-dealkylation sites (N-methyl/N-ethyl adjacent to an activating group) is 1. The second-order valence-corrected chi connectivity index (χ2v) is 10.4. The van der Waals surface area contributed by atoms with E-state index in [2.05, 4.69) is 16.0 Å². The molecule has 1 heterocycles. The molecule has 3 aromatic carbocycles. The van der Waals surface area contributed by atoms with Crippen LogP contribution in [0.15, 0.2) is 66.7 Å². The summed E-state index contributed by atoms with van der Waals surface area (Å²) < 4.78 is 24.9. The first kappa shape index (κ1) is 31.1. The van der Waals surface area contributed by atoms with Crippen LogP contribution in [0, 0.1) is 11.7 Å². The van der Waals surface area contributed by atoms with E-state index in [1.165, 1.54) is 29.2 Å². The molecule has 0 saturated carbocycles. The summed E-state index contributed by atoms with van der Waals surface area (Å²) in [6, 6.07) is 15.6. The molecule has 4 N–H and O–H groups in total. The van der Waals surface area contributed by atoms with Crippen molar-refractivity contribution in [1.82, 2.24) is 9.80 Å². The van der Waals surface area contributed by atoms with Crippen LogP contribution in [0.2, 0.25) is 0 Å². The molecule has 43 heavy (non-hydrogen) atoms. The summed E-state index contributed by atoms with van der Waals surface area (Å²) in [5, 5.41) is 18.1. The Balaban J connectivity index is 1.60. The maximum Gasteiger partial charge on any atom is 0.323 e. The summed E-state index contributed by atoms with van der Waals surface area (Å²) >= 11 is 0. The van der Waals surface area contributed by atoms with Crippen molar-refractivity contribution in [2.45, 2.75) is 26.0 Å². The number of rotatable bonds is 8. The molecule has 5 amide bonds. The molecule has 1 aliphatic heterocycles. The number of aliphatic hydroxyl groups excluding tert-OH is 1. The number of hydrogen-bond donors (Lipinski definition) is 4. The van der Waals surface area contributed by atoms with Gasteiger partial charge in [0.1, 0.15) is 17.7 Å². The number of hydrogen-bond acceptors (Lipinski definition) is 6. The van der Waals surface area contributed by atoms with Crippen molar-refractivity contribution < 1.29 is 33.4 Å². The first-order valence-electron chi connectivity index (χ1n) is 13.8. The Labute approximate surface area is 249 Å². The van der Waals surface area contributed by atoms with Gasteiger partial charge in [0.15, 0.2) is 5.75 Å². The fourth-order valence-electron chi connectivity index (χ4n) is 4.62. The molecule has 11 nitrogen and oxygen atoms in total. The van der Waals surface area contributed by atoms with Crippen LogP contribution >= 0.6 is 0 Å². The van der Waals surface area contributed by atoms with Crippen LogP contribution in [0.5, 0.6) is 11.5 Å². The summed E-state index contributed by atoms with van der Waals surface area (Å²) in [5.41, 5.74) is 1.42. The van der Waals surface area contributed by atoms with E-state index in [9.17, 15) is 23.9 Å². The third-order valence-corrected chi connectivity index (χ3v) is 7.18. The molecule has 0 unspecified atom stereocenters. The number of carbonyl (C=O) groups excluding carboxylic acids is 3. The zero-order valence-electron chi connectivity index (χ0n) is 24.5. The lowest BCUT2D eigenvalue weighted by Crippen LogP contribution is -2.50. The van der Waals surface area contributed by atoms with Gasteiger partial charge in [-0.05, 0) is 67.6 Å². The average Bonchev–Trinajstić information content (AvgIpc) is 3.00. The fraction of sp³-hybridized carbons (Fsp3) is 0.323. The summed E-state index contributed by atoms with van der Waals surface area (Å²) in [5.74, 6) is -0.270. The minimum Gasteiger partial charge on any atom is -0.497 e. The smallest absolute Gasteiger partial charge is 0.323 e. The summed E-state index contributed by atoms with van der Waals surface area (Å²) in [6.07, 6.45) is -0.614. The Kier molecular flexibility index (Phi) is 10.0. The van der Waals surface area contributed by atoms with Gasteiger partial charge in [0.2, 0.25) is 0 Å². The lowest BCUT2D eigenvalue weighted by atomic mass is 9.99. The quantitative estimate of drug-likeness (QED) is 0.295. The van der Waals surface area contributed by atoms with Crippen LogP contribution in [0.4, 0.5) is 31.0 Å². The topological polar surface area (TPSA) is 132 Å². The second kappa shape index (κ2) is 13.9. The molecule has 0 bridgehead atoms. The monoisotopic (exact) mass is 593 g/mol. The van der Waals surface area contributed by atoms with Crippen molar-refractivity contribution in [3.05, 3.63) is 78.1 Å². The number of halogens is 1. The highest BCUT2D eigenvalue weighted by Crippen LogP contribution is 2.35. The number of carbonyl (C=O) groups is 3. The van der Waals surface area contributed by atoms with Crippen molar-refractivity contribution in [2.75, 3.05) is 49.8 Å². The van der Waals surface area contributed by atoms with Gasteiger partial charge in [-0.2, -0.15) is 0 Å². The molecule has 4 rings (SSSR count). The van der Waals surface area contributed by atoms with Crippen molar-refractivity contribution in [2.24, 2.45) is 5.92 Å². The highest BCUT2D eigenvalue weighted by Gasteiger charge is 2.35.